The number of ether oxygens (including phenoxy) is 2. The van der Waals surface area contributed by atoms with E-state index in [1.807, 2.05) is 85.8 Å². The fraction of sp³-hybridized carbons (Fsp3) is 0.286. The summed E-state index contributed by atoms with van der Waals surface area (Å²) < 4.78 is 10.6. The summed E-state index contributed by atoms with van der Waals surface area (Å²) in [5.41, 5.74) is 2.74. The smallest absolute Gasteiger partial charge is 0.243 e. The van der Waals surface area contributed by atoms with Gasteiger partial charge in [-0.1, -0.05) is 54.6 Å². The second kappa shape index (κ2) is 12.4. The quantitative estimate of drug-likeness (QED) is 0.469. The van der Waals surface area contributed by atoms with Crippen molar-refractivity contribution in [3.05, 3.63) is 95.6 Å². The van der Waals surface area contributed by atoms with Gasteiger partial charge in [-0.2, -0.15) is 0 Å². The zero-order chi connectivity index (χ0) is 24.3. The molecule has 0 heterocycles. The van der Waals surface area contributed by atoms with Gasteiger partial charge in [0.2, 0.25) is 11.8 Å². The van der Waals surface area contributed by atoms with E-state index >= 15 is 0 Å². The number of carbonyl (C=O) groups excluding carboxylic acids is 2. The van der Waals surface area contributed by atoms with E-state index in [-0.39, 0.29) is 18.2 Å². The summed E-state index contributed by atoms with van der Waals surface area (Å²) in [5.74, 6) is 1.14. The van der Waals surface area contributed by atoms with Crippen LogP contribution < -0.4 is 14.8 Å². The molecule has 0 saturated carbocycles. The molecule has 0 aliphatic rings. The Balaban J connectivity index is 1.94. The Morgan fingerprint density at radius 3 is 2.15 bits per heavy atom. The summed E-state index contributed by atoms with van der Waals surface area (Å²) in [7, 11) is 3.22. The third-order valence-electron chi connectivity index (χ3n) is 5.62. The molecule has 3 rings (SSSR count). The molecule has 3 aromatic rings. The van der Waals surface area contributed by atoms with E-state index in [1.54, 1.807) is 19.1 Å². The molecular formula is C28H32N2O4. The van der Waals surface area contributed by atoms with Gasteiger partial charge in [-0.3, -0.25) is 9.59 Å². The Bertz CT molecular complexity index is 1070. The van der Waals surface area contributed by atoms with E-state index < -0.39 is 6.04 Å². The van der Waals surface area contributed by atoms with Gasteiger partial charge in [0.25, 0.3) is 0 Å². The van der Waals surface area contributed by atoms with Gasteiger partial charge in [-0.15, -0.1) is 0 Å². The lowest BCUT2D eigenvalue weighted by molar-refractivity contribution is -0.140. The van der Waals surface area contributed by atoms with Crippen molar-refractivity contribution >= 4 is 11.8 Å². The summed E-state index contributed by atoms with van der Waals surface area (Å²) in [5, 5.41) is 2.91. The SMILES string of the molecule is CCNC(=O)C(Cc1ccccc1)N(Cc1cccc(OC)c1)C(=O)Cc1ccc(OC)cc1. The predicted molar refractivity (Wildman–Crippen MR) is 133 cm³/mol. The molecule has 1 unspecified atom stereocenters. The van der Waals surface area contributed by atoms with Crippen LogP contribution in [0.3, 0.4) is 0 Å². The number of benzene rings is 3. The molecule has 3 aromatic carbocycles. The largest absolute Gasteiger partial charge is 0.497 e. The van der Waals surface area contributed by atoms with Crippen molar-refractivity contribution in [3.8, 4) is 11.5 Å². The molecule has 0 spiro atoms. The van der Waals surface area contributed by atoms with E-state index in [2.05, 4.69) is 5.32 Å². The highest BCUT2D eigenvalue weighted by Crippen LogP contribution is 2.20. The van der Waals surface area contributed by atoms with E-state index in [0.717, 1.165) is 22.4 Å². The number of likely N-dealkylation sites (N-methyl/N-ethyl adjacent to an activating group) is 1. The van der Waals surface area contributed by atoms with E-state index in [0.29, 0.717) is 25.3 Å². The van der Waals surface area contributed by atoms with E-state index in [4.69, 9.17) is 9.47 Å². The molecule has 0 aromatic heterocycles. The van der Waals surface area contributed by atoms with Crippen LogP contribution in [0.2, 0.25) is 0 Å². The summed E-state index contributed by atoms with van der Waals surface area (Å²) >= 11 is 0. The first kappa shape index (κ1) is 24.8. The minimum atomic E-state index is -0.653. The van der Waals surface area contributed by atoms with Gasteiger partial charge in [0.1, 0.15) is 17.5 Å². The summed E-state index contributed by atoms with van der Waals surface area (Å²) in [6, 6.07) is 24.1. The van der Waals surface area contributed by atoms with Crippen LogP contribution in [0.5, 0.6) is 11.5 Å². The van der Waals surface area contributed by atoms with Crippen molar-refractivity contribution < 1.29 is 19.1 Å². The lowest BCUT2D eigenvalue weighted by atomic mass is 10.0. The maximum Gasteiger partial charge on any atom is 0.243 e. The van der Waals surface area contributed by atoms with Gasteiger partial charge in [0.15, 0.2) is 0 Å². The molecular weight excluding hydrogens is 428 g/mol. The third-order valence-corrected chi connectivity index (χ3v) is 5.62. The summed E-state index contributed by atoms with van der Waals surface area (Å²) in [6.45, 7) is 2.66. The van der Waals surface area contributed by atoms with Crippen LogP contribution in [0, 0.1) is 0 Å². The molecule has 34 heavy (non-hydrogen) atoms. The molecule has 0 bridgehead atoms. The number of hydrogen-bond acceptors (Lipinski definition) is 4. The first-order valence-electron chi connectivity index (χ1n) is 11.4. The Morgan fingerprint density at radius 2 is 1.50 bits per heavy atom. The van der Waals surface area contributed by atoms with E-state index in [9.17, 15) is 9.59 Å². The Labute approximate surface area is 201 Å². The van der Waals surface area contributed by atoms with E-state index in [1.165, 1.54) is 0 Å². The molecule has 0 aliphatic heterocycles. The maximum absolute atomic E-state index is 13.6. The number of nitrogens with one attached hydrogen (secondary N) is 1. The van der Waals surface area contributed by atoms with Crippen molar-refractivity contribution in [3.63, 3.8) is 0 Å². The van der Waals surface area contributed by atoms with Crippen molar-refractivity contribution in [2.75, 3.05) is 20.8 Å². The molecule has 6 nitrogen and oxygen atoms in total. The molecule has 1 atom stereocenters. The molecule has 1 N–H and O–H groups in total. The number of methoxy groups -OCH3 is 2. The molecule has 6 heteroatoms. The van der Waals surface area contributed by atoms with Crippen molar-refractivity contribution in [1.29, 1.82) is 0 Å². The van der Waals surface area contributed by atoms with Crippen molar-refractivity contribution in [2.45, 2.75) is 32.4 Å². The predicted octanol–water partition coefficient (Wildman–Crippen LogP) is 4.02. The normalized spacial score (nSPS) is 11.4. The number of hydrogen-bond donors (Lipinski definition) is 1. The second-order valence-electron chi connectivity index (χ2n) is 8.00. The molecule has 0 saturated heterocycles. The van der Waals surface area contributed by atoms with Crippen molar-refractivity contribution in [2.24, 2.45) is 0 Å². The molecule has 0 fully saturated rings. The average molecular weight is 461 g/mol. The Hall–Kier alpha value is -3.80. The Morgan fingerprint density at radius 1 is 0.824 bits per heavy atom. The van der Waals surface area contributed by atoms with Gasteiger partial charge in [0, 0.05) is 19.5 Å². The van der Waals surface area contributed by atoms with Crippen LogP contribution in [0.4, 0.5) is 0 Å². The van der Waals surface area contributed by atoms with Crippen LogP contribution in [-0.4, -0.2) is 43.5 Å². The minimum absolute atomic E-state index is 0.125. The first-order chi connectivity index (χ1) is 16.5. The number of rotatable bonds is 11. The lowest BCUT2D eigenvalue weighted by Crippen LogP contribution is -2.50. The summed E-state index contributed by atoms with van der Waals surface area (Å²) in [6.07, 6.45) is 0.601. The van der Waals surface area contributed by atoms with Crippen LogP contribution in [0.1, 0.15) is 23.6 Å². The highest BCUT2D eigenvalue weighted by molar-refractivity contribution is 5.88. The van der Waals surface area contributed by atoms with Crippen LogP contribution in [-0.2, 0) is 29.0 Å². The standard InChI is InChI=1S/C28H32N2O4/c1-4-29-28(32)26(18-21-9-6-5-7-10-21)30(20-23-11-8-12-25(17-23)34-3)27(31)19-22-13-15-24(33-2)16-14-22/h5-17,26H,4,18-20H2,1-3H3,(H,29,32). The number of nitrogens with zero attached hydrogens (tertiary/aromatic N) is 1. The highest BCUT2D eigenvalue weighted by atomic mass is 16.5. The van der Waals surface area contributed by atoms with Crippen LogP contribution >= 0.6 is 0 Å². The molecule has 178 valence electrons. The van der Waals surface area contributed by atoms with Crippen molar-refractivity contribution in [1.82, 2.24) is 10.2 Å². The summed E-state index contributed by atoms with van der Waals surface area (Å²) in [4.78, 5) is 28.5. The van der Waals surface area contributed by atoms with Gasteiger partial charge in [-0.25, -0.2) is 0 Å². The van der Waals surface area contributed by atoms with Gasteiger partial charge in [-0.05, 0) is 47.9 Å². The number of amides is 2. The zero-order valence-corrected chi connectivity index (χ0v) is 20.0. The van der Waals surface area contributed by atoms with Gasteiger partial charge < -0.3 is 19.7 Å². The maximum atomic E-state index is 13.6. The van der Waals surface area contributed by atoms with Gasteiger partial charge in [0.05, 0.1) is 20.6 Å². The highest BCUT2D eigenvalue weighted by Gasteiger charge is 2.30. The monoisotopic (exact) mass is 460 g/mol. The zero-order valence-electron chi connectivity index (χ0n) is 20.0. The molecule has 0 radical (unpaired) electrons. The fourth-order valence-electron chi connectivity index (χ4n) is 3.83. The van der Waals surface area contributed by atoms with Gasteiger partial charge >= 0.3 is 0 Å². The topological polar surface area (TPSA) is 67.9 Å². The number of carbonyl (C=O) groups is 2. The lowest BCUT2D eigenvalue weighted by Gasteiger charge is -2.31. The molecule has 0 aliphatic carbocycles. The fourth-order valence-corrected chi connectivity index (χ4v) is 3.83. The first-order valence-corrected chi connectivity index (χ1v) is 11.4. The van der Waals surface area contributed by atoms with Crippen LogP contribution in [0.25, 0.3) is 0 Å². The average Bonchev–Trinajstić information content (AvgIpc) is 2.87. The minimum Gasteiger partial charge on any atom is -0.497 e. The Kier molecular flexibility index (Phi) is 9.09. The third kappa shape index (κ3) is 6.85. The second-order valence-corrected chi connectivity index (χ2v) is 8.00. The van der Waals surface area contributed by atoms with Crippen LogP contribution in [0.15, 0.2) is 78.9 Å². The molecule has 2 amide bonds.